The predicted octanol–water partition coefficient (Wildman–Crippen LogP) is 2.45. The first-order valence-corrected chi connectivity index (χ1v) is 6.55. The molecule has 0 bridgehead atoms. The molecule has 0 unspecified atom stereocenters. The minimum atomic E-state index is -1.07. The molecule has 0 fully saturated rings. The number of carboxylic acids is 1. The summed E-state index contributed by atoms with van der Waals surface area (Å²) in [5.74, 6) is -0.997. The molecular formula is C10H10BrNO3S. The fourth-order valence-corrected chi connectivity index (χ4v) is 1.94. The van der Waals surface area contributed by atoms with Gasteiger partial charge in [0.1, 0.15) is 0 Å². The summed E-state index contributed by atoms with van der Waals surface area (Å²) >= 11 is 4.58. The number of anilines is 1. The topological polar surface area (TPSA) is 66.4 Å². The Labute approximate surface area is 106 Å². The highest BCUT2D eigenvalue weighted by Gasteiger charge is 2.14. The van der Waals surface area contributed by atoms with E-state index in [4.69, 9.17) is 5.11 Å². The molecule has 0 heterocycles. The molecule has 86 valence electrons. The highest BCUT2D eigenvalue weighted by Crippen LogP contribution is 2.26. The third-order valence-electron chi connectivity index (χ3n) is 1.78. The number of carboxylic acid groups (broad SMARTS) is 1. The molecule has 0 aliphatic heterocycles. The van der Waals surface area contributed by atoms with E-state index in [1.165, 1.54) is 17.8 Å². The molecule has 1 rings (SSSR count). The molecule has 1 aromatic carbocycles. The van der Waals surface area contributed by atoms with Crippen molar-refractivity contribution >= 4 is 45.3 Å². The Bertz CT molecular complexity index is 423. The van der Waals surface area contributed by atoms with E-state index in [0.29, 0.717) is 15.9 Å². The van der Waals surface area contributed by atoms with Crippen LogP contribution >= 0.6 is 27.7 Å². The van der Waals surface area contributed by atoms with Crippen molar-refractivity contribution in [3.63, 3.8) is 0 Å². The summed E-state index contributed by atoms with van der Waals surface area (Å²) < 4.78 is 0.557. The molecule has 2 N–H and O–H groups in total. The summed E-state index contributed by atoms with van der Waals surface area (Å²) in [5.41, 5.74) is 0.373. The molecule has 0 radical (unpaired) electrons. The molecule has 0 atom stereocenters. The molecule has 4 nitrogen and oxygen atoms in total. The molecule has 0 aromatic heterocycles. The summed E-state index contributed by atoms with van der Waals surface area (Å²) in [5, 5.41) is 11.5. The molecule has 0 spiro atoms. The maximum atomic E-state index is 11.4. The minimum Gasteiger partial charge on any atom is -0.478 e. The van der Waals surface area contributed by atoms with Gasteiger partial charge in [-0.3, -0.25) is 4.79 Å². The smallest absolute Gasteiger partial charge is 0.337 e. The first-order valence-electron chi connectivity index (χ1n) is 4.37. The molecule has 0 aliphatic carbocycles. The van der Waals surface area contributed by atoms with Gasteiger partial charge in [0.25, 0.3) is 0 Å². The lowest BCUT2D eigenvalue weighted by molar-refractivity contribution is -0.113. The van der Waals surface area contributed by atoms with E-state index in [-0.39, 0.29) is 11.5 Å². The van der Waals surface area contributed by atoms with Crippen molar-refractivity contribution in [3.8, 4) is 0 Å². The zero-order valence-electron chi connectivity index (χ0n) is 8.49. The van der Waals surface area contributed by atoms with Gasteiger partial charge in [-0.1, -0.05) is 6.07 Å². The number of hydrogen-bond donors (Lipinski definition) is 2. The van der Waals surface area contributed by atoms with Crippen molar-refractivity contribution in [1.29, 1.82) is 0 Å². The first kappa shape index (κ1) is 13.1. The first-order chi connectivity index (χ1) is 7.56. The standard InChI is InChI=1S/C10H10BrNO3S/c1-16-5-8(13)12-9-6(10(14)15)3-2-4-7(9)11/h2-4H,5H2,1H3,(H,12,13)(H,14,15). The van der Waals surface area contributed by atoms with Crippen molar-refractivity contribution in [3.05, 3.63) is 28.2 Å². The van der Waals surface area contributed by atoms with E-state index in [1.807, 2.05) is 0 Å². The number of benzene rings is 1. The number of amides is 1. The van der Waals surface area contributed by atoms with E-state index < -0.39 is 5.97 Å². The second kappa shape index (κ2) is 5.91. The number of carbonyl (C=O) groups excluding carboxylic acids is 1. The Balaban J connectivity index is 3.01. The molecule has 0 saturated carbocycles. The molecule has 16 heavy (non-hydrogen) atoms. The lowest BCUT2D eigenvalue weighted by Gasteiger charge is -2.09. The average Bonchev–Trinajstić information content (AvgIpc) is 2.21. The molecule has 1 aromatic rings. The van der Waals surface area contributed by atoms with Crippen LogP contribution in [0.1, 0.15) is 10.4 Å². The van der Waals surface area contributed by atoms with Gasteiger partial charge in [-0.05, 0) is 34.3 Å². The van der Waals surface area contributed by atoms with Crippen LogP contribution in [0.4, 0.5) is 5.69 Å². The van der Waals surface area contributed by atoms with Gasteiger partial charge in [0.2, 0.25) is 5.91 Å². The number of nitrogens with one attached hydrogen (secondary N) is 1. The second-order valence-electron chi connectivity index (χ2n) is 2.95. The summed E-state index contributed by atoms with van der Waals surface area (Å²) in [6, 6.07) is 4.74. The van der Waals surface area contributed by atoms with Crippen molar-refractivity contribution in [2.75, 3.05) is 17.3 Å². The zero-order valence-corrected chi connectivity index (χ0v) is 10.9. The lowest BCUT2D eigenvalue weighted by atomic mass is 10.2. The maximum Gasteiger partial charge on any atom is 0.337 e. The Kier molecular flexibility index (Phi) is 4.82. The summed E-state index contributed by atoms with van der Waals surface area (Å²) in [6.45, 7) is 0. The van der Waals surface area contributed by atoms with E-state index in [0.717, 1.165) is 0 Å². The van der Waals surface area contributed by atoms with Crippen LogP contribution < -0.4 is 5.32 Å². The van der Waals surface area contributed by atoms with Gasteiger partial charge in [0, 0.05) is 4.47 Å². The monoisotopic (exact) mass is 303 g/mol. The number of rotatable bonds is 4. The highest BCUT2D eigenvalue weighted by molar-refractivity contribution is 9.10. The van der Waals surface area contributed by atoms with Gasteiger partial charge in [0.15, 0.2) is 0 Å². The number of carbonyl (C=O) groups is 2. The van der Waals surface area contributed by atoms with Crippen LogP contribution in [0.25, 0.3) is 0 Å². The molecular weight excluding hydrogens is 294 g/mol. The number of halogens is 1. The number of para-hydroxylation sites is 1. The molecule has 0 aliphatic rings. The Morgan fingerprint density at radius 3 is 2.75 bits per heavy atom. The third kappa shape index (κ3) is 3.24. The summed E-state index contributed by atoms with van der Waals surface area (Å²) in [4.78, 5) is 22.3. The van der Waals surface area contributed by atoms with Gasteiger partial charge >= 0.3 is 5.97 Å². The van der Waals surface area contributed by atoms with E-state index >= 15 is 0 Å². The zero-order chi connectivity index (χ0) is 12.1. The van der Waals surface area contributed by atoms with E-state index in [1.54, 1.807) is 18.4 Å². The van der Waals surface area contributed by atoms with Gasteiger partial charge in [0.05, 0.1) is 17.0 Å². The van der Waals surface area contributed by atoms with Gasteiger partial charge in [-0.15, -0.1) is 0 Å². The largest absolute Gasteiger partial charge is 0.478 e. The maximum absolute atomic E-state index is 11.4. The van der Waals surface area contributed by atoms with E-state index in [2.05, 4.69) is 21.2 Å². The van der Waals surface area contributed by atoms with Crippen LogP contribution in [0.2, 0.25) is 0 Å². The summed E-state index contributed by atoms with van der Waals surface area (Å²) in [6.07, 6.45) is 1.80. The molecule has 0 saturated heterocycles. The van der Waals surface area contributed by atoms with Crippen LogP contribution in [0.3, 0.4) is 0 Å². The van der Waals surface area contributed by atoms with Crippen LogP contribution in [0, 0.1) is 0 Å². The van der Waals surface area contributed by atoms with Crippen LogP contribution in [-0.2, 0) is 4.79 Å². The Morgan fingerprint density at radius 1 is 1.50 bits per heavy atom. The predicted molar refractivity (Wildman–Crippen MR) is 68.1 cm³/mol. The third-order valence-corrected chi connectivity index (χ3v) is 3.00. The fraction of sp³-hybridized carbons (Fsp3) is 0.200. The lowest BCUT2D eigenvalue weighted by Crippen LogP contribution is -2.16. The van der Waals surface area contributed by atoms with Gasteiger partial charge in [-0.2, -0.15) is 11.8 Å². The van der Waals surface area contributed by atoms with Crippen LogP contribution in [0.15, 0.2) is 22.7 Å². The quantitative estimate of drug-likeness (QED) is 0.896. The van der Waals surface area contributed by atoms with E-state index in [9.17, 15) is 9.59 Å². The number of thioether (sulfide) groups is 1. The second-order valence-corrected chi connectivity index (χ2v) is 4.67. The SMILES string of the molecule is CSCC(=O)Nc1c(Br)cccc1C(=O)O. The van der Waals surface area contributed by atoms with Crippen molar-refractivity contribution in [1.82, 2.24) is 0 Å². The normalized spacial score (nSPS) is 9.88. The van der Waals surface area contributed by atoms with Crippen LogP contribution in [-0.4, -0.2) is 29.0 Å². The highest BCUT2D eigenvalue weighted by atomic mass is 79.9. The number of hydrogen-bond acceptors (Lipinski definition) is 3. The minimum absolute atomic E-state index is 0.0730. The van der Waals surface area contributed by atoms with Crippen molar-refractivity contribution in [2.24, 2.45) is 0 Å². The summed E-state index contributed by atoms with van der Waals surface area (Å²) in [7, 11) is 0. The Morgan fingerprint density at radius 2 is 2.19 bits per heavy atom. The fourth-order valence-electron chi connectivity index (χ4n) is 1.14. The number of aromatic carboxylic acids is 1. The average molecular weight is 304 g/mol. The molecule has 6 heteroatoms. The van der Waals surface area contributed by atoms with Crippen molar-refractivity contribution in [2.45, 2.75) is 0 Å². The molecule has 1 amide bonds. The van der Waals surface area contributed by atoms with Crippen molar-refractivity contribution < 1.29 is 14.7 Å². The van der Waals surface area contributed by atoms with Gasteiger partial charge in [-0.25, -0.2) is 4.79 Å². The van der Waals surface area contributed by atoms with Gasteiger partial charge < -0.3 is 10.4 Å². The Hall–Kier alpha value is -1.01. The van der Waals surface area contributed by atoms with Crippen LogP contribution in [0.5, 0.6) is 0 Å².